The number of β-amino-alcohol motifs (C(OH)–C–C–N with tert-alkyl or cyclic N) is 1. The number of methoxy groups -OCH3 is 1. The van der Waals surface area contributed by atoms with Crippen molar-refractivity contribution in [1.29, 1.82) is 0 Å². The summed E-state index contributed by atoms with van der Waals surface area (Å²) in [5.74, 6) is 0.642. The van der Waals surface area contributed by atoms with Crippen LogP contribution in [-0.2, 0) is 9.47 Å². The highest BCUT2D eigenvalue weighted by atomic mass is 19.1. The molecule has 5 unspecified atom stereocenters. The normalized spacial score (nSPS) is 28.4. The topological polar surface area (TPSA) is 76.1 Å². The van der Waals surface area contributed by atoms with E-state index in [0.717, 1.165) is 28.6 Å². The van der Waals surface area contributed by atoms with Crippen molar-refractivity contribution in [3.8, 4) is 5.75 Å². The first-order valence-electron chi connectivity index (χ1n) is 11.9. The fraction of sp³-hybridized carbons (Fsp3) is 0.500. The Bertz CT molecular complexity index is 1060. The fourth-order valence-corrected chi connectivity index (χ4v) is 4.98. The summed E-state index contributed by atoms with van der Waals surface area (Å²) in [5, 5.41) is 15.2. The average Bonchev–Trinajstić information content (AvgIpc) is 2.87. The van der Waals surface area contributed by atoms with E-state index in [-0.39, 0.29) is 24.8 Å². The van der Waals surface area contributed by atoms with Crippen LogP contribution in [0.4, 0.5) is 4.39 Å². The maximum Gasteiger partial charge on any atom is 0.137 e. The first-order valence-corrected chi connectivity index (χ1v) is 11.9. The summed E-state index contributed by atoms with van der Waals surface area (Å²) >= 11 is 0. The van der Waals surface area contributed by atoms with Gasteiger partial charge in [0.05, 0.1) is 38.1 Å². The number of fused-ring (bicyclic) bond motifs is 2. The van der Waals surface area contributed by atoms with Crippen LogP contribution in [0.15, 0.2) is 54.3 Å². The van der Waals surface area contributed by atoms with Gasteiger partial charge in [-0.05, 0) is 42.3 Å². The molecule has 0 spiro atoms. The minimum atomic E-state index is -1.01. The van der Waals surface area contributed by atoms with Crippen LogP contribution >= 0.6 is 0 Å². The van der Waals surface area contributed by atoms with E-state index >= 15 is 4.39 Å². The first kappa shape index (κ1) is 23.4. The molecule has 5 rings (SSSR count). The van der Waals surface area contributed by atoms with Gasteiger partial charge in [-0.15, -0.1) is 0 Å². The second-order valence-electron chi connectivity index (χ2n) is 9.13. The molecule has 8 heteroatoms. The summed E-state index contributed by atoms with van der Waals surface area (Å²) in [6.07, 6.45) is 6.67. The quantitative estimate of drug-likeness (QED) is 0.646. The highest BCUT2D eigenvalue weighted by Crippen LogP contribution is 2.28. The molecule has 2 fully saturated rings. The number of hydrogen-bond acceptors (Lipinski definition) is 7. The molecule has 2 saturated heterocycles. The maximum atomic E-state index is 15.0. The highest BCUT2D eigenvalue weighted by molar-refractivity contribution is 5.83. The van der Waals surface area contributed by atoms with Gasteiger partial charge in [0.15, 0.2) is 0 Å². The van der Waals surface area contributed by atoms with E-state index < -0.39 is 12.3 Å². The van der Waals surface area contributed by atoms with Gasteiger partial charge in [0.2, 0.25) is 0 Å². The van der Waals surface area contributed by atoms with Crippen LogP contribution < -0.4 is 10.1 Å². The highest BCUT2D eigenvalue weighted by Gasteiger charge is 2.31. The summed E-state index contributed by atoms with van der Waals surface area (Å²) in [5.41, 5.74) is 2.67. The number of pyridine rings is 1. The standard InChI is InChI=1S/C26H32FN3O4/c1-32-18-12-20-19(3-2-4-22(20)29-14-18)24(31)16-30-8-7-23(21(27)15-30)28-13-17-5-6-25-26(11-17)34-10-9-33-25/h2-6,11-12,14,21,23-26,28,31H,7-10,13,15-16H2,1H3. The molecule has 2 aliphatic heterocycles. The predicted molar refractivity (Wildman–Crippen MR) is 128 cm³/mol. The number of likely N-dealkylation sites (tertiary alicyclic amines) is 1. The maximum absolute atomic E-state index is 15.0. The molecule has 0 amide bonds. The van der Waals surface area contributed by atoms with Crippen molar-refractivity contribution in [2.75, 3.05) is 46.5 Å². The smallest absolute Gasteiger partial charge is 0.137 e. The van der Waals surface area contributed by atoms with Crippen LogP contribution in [0.25, 0.3) is 10.9 Å². The third kappa shape index (κ3) is 5.16. The molecule has 1 aliphatic carbocycles. The number of benzene rings is 1. The van der Waals surface area contributed by atoms with E-state index in [1.54, 1.807) is 13.3 Å². The van der Waals surface area contributed by atoms with Gasteiger partial charge in [-0.3, -0.25) is 9.88 Å². The van der Waals surface area contributed by atoms with Gasteiger partial charge >= 0.3 is 0 Å². The Balaban J connectivity index is 1.15. The SMILES string of the molecule is COc1cnc2cccc(C(O)CN3CCC(NCC4=CC5OCCOC5C=C4)C(F)C3)c2c1. The number of alkyl halides is 1. The zero-order valence-corrected chi connectivity index (χ0v) is 19.4. The number of aliphatic hydroxyl groups excluding tert-OH is 1. The van der Waals surface area contributed by atoms with E-state index in [0.29, 0.717) is 38.5 Å². The van der Waals surface area contributed by atoms with E-state index in [1.807, 2.05) is 41.3 Å². The molecule has 0 saturated carbocycles. The van der Waals surface area contributed by atoms with Gasteiger partial charge in [-0.2, -0.15) is 0 Å². The van der Waals surface area contributed by atoms with Crippen LogP contribution in [0, 0.1) is 0 Å². The van der Waals surface area contributed by atoms with Crippen LogP contribution in [0.1, 0.15) is 18.1 Å². The Hall–Kier alpha value is -2.36. The minimum absolute atomic E-state index is 0.0142. The molecular weight excluding hydrogens is 437 g/mol. The summed E-state index contributed by atoms with van der Waals surface area (Å²) in [6.45, 7) is 3.20. The van der Waals surface area contributed by atoms with Crippen molar-refractivity contribution in [1.82, 2.24) is 15.2 Å². The molecule has 34 heavy (non-hydrogen) atoms. The number of nitrogens with one attached hydrogen (secondary N) is 1. The van der Waals surface area contributed by atoms with Gasteiger partial charge in [-0.1, -0.05) is 24.3 Å². The van der Waals surface area contributed by atoms with Crippen molar-refractivity contribution in [2.24, 2.45) is 0 Å². The molecule has 1 aromatic carbocycles. The van der Waals surface area contributed by atoms with Gasteiger partial charge in [0.25, 0.3) is 0 Å². The summed E-state index contributed by atoms with van der Waals surface area (Å²) in [7, 11) is 1.59. The van der Waals surface area contributed by atoms with E-state index in [2.05, 4.69) is 16.4 Å². The van der Waals surface area contributed by atoms with E-state index in [4.69, 9.17) is 14.2 Å². The third-order valence-corrected chi connectivity index (χ3v) is 6.86. The Morgan fingerprint density at radius 1 is 1.29 bits per heavy atom. The number of ether oxygens (including phenoxy) is 3. The third-order valence-electron chi connectivity index (χ3n) is 6.86. The Labute approximate surface area is 199 Å². The van der Waals surface area contributed by atoms with E-state index in [9.17, 15) is 5.11 Å². The second-order valence-corrected chi connectivity index (χ2v) is 9.13. The lowest BCUT2D eigenvalue weighted by molar-refractivity contribution is -0.102. The van der Waals surface area contributed by atoms with Crippen molar-refractivity contribution in [2.45, 2.75) is 36.9 Å². The monoisotopic (exact) mass is 469 g/mol. The lowest BCUT2D eigenvalue weighted by Crippen LogP contribution is -2.52. The summed E-state index contributed by atoms with van der Waals surface area (Å²) < 4.78 is 31.8. The second kappa shape index (κ2) is 10.5. The lowest BCUT2D eigenvalue weighted by Gasteiger charge is -2.36. The minimum Gasteiger partial charge on any atom is -0.495 e. The van der Waals surface area contributed by atoms with Crippen LogP contribution in [0.2, 0.25) is 0 Å². The van der Waals surface area contributed by atoms with Crippen molar-refractivity contribution < 1.29 is 23.7 Å². The molecule has 2 aromatic rings. The Morgan fingerprint density at radius 3 is 2.97 bits per heavy atom. The Morgan fingerprint density at radius 2 is 2.15 bits per heavy atom. The molecule has 1 aromatic heterocycles. The number of piperidine rings is 1. The lowest BCUT2D eigenvalue weighted by atomic mass is 9.98. The molecule has 3 heterocycles. The average molecular weight is 470 g/mol. The molecule has 0 bridgehead atoms. The van der Waals surface area contributed by atoms with E-state index in [1.165, 1.54) is 0 Å². The molecule has 7 nitrogen and oxygen atoms in total. The molecule has 2 N–H and O–H groups in total. The number of aliphatic hydroxyl groups is 1. The number of aromatic nitrogens is 1. The first-order chi connectivity index (χ1) is 16.6. The molecule has 3 aliphatic rings. The number of nitrogens with zero attached hydrogens (tertiary/aromatic N) is 2. The zero-order valence-electron chi connectivity index (χ0n) is 19.4. The van der Waals surface area contributed by atoms with Crippen LogP contribution in [0.3, 0.4) is 0 Å². The van der Waals surface area contributed by atoms with Crippen molar-refractivity contribution in [3.63, 3.8) is 0 Å². The molecular formula is C26H32FN3O4. The van der Waals surface area contributed by atoms with Gasteiger partial charge in [0.1, 0.15) is 24.1 Å². The predicted octanol–water partition coefficient (Wildman–Crippen LogP) is 2.56. The van der Waals surface area contributed by atoms with Crippen molar-refractivity contribution in [3.05, 3.63) is 59.8 Å². The largest absolute Gasteiger partial charge is 0.495 e. The number of rotatable bonds is 7. The number of halogens is 1. The van der Waals surface area contributed by atoms with Crippen LogP contribution in [-0.4, -0.2) is 85.9 Å². The summed E-state index contributed by atoms with van der Waals surface area (Å²) in [6, 6.07) is 7.36. The van der Waals surface area contributed by atoms with Crippen LogP contribution in [0.5, 0.6) is 5.75 Å². The zero-order chi connectivity index (χ0) is 23.5. The van der Waals surface area contributed by atoms with Gasteiger partial charge in [0, 0.05) is 31.1 Å². The van der Waals surface area contributed by atoms with Gasteiger partial charge in [-0.25, -0.2) is 4.39 Å². The Kier molecular flexibility index (Phi) is 7.22. The molecule has 0 radical (unpaired) electrons. The van der Waals surface area contributed by atoms with Crippen molar-refractivity contribution >= 4 is 10.9 Å². The fourth-order valence-electron chi connectivity index (χ4n) is 4.98. The number of hydrogen-bond donors (Lipinski definition) is 2. The van der Waals surface area contributed by atoms with Gasteiger partial charge < -0.3 is 24.6 Å². The molecule has 182 valence electrons. The molecule has 5 atom stereocenters. The summed E-state index contributed by atoms with van der Waals surface area (Å²) in [4.78, 5) is 6.40.